The normalized spacial score (nSPS) is 10.1. The topological polar surface area (TPSA) is 15.4 Å². The fourth-order valence-electron chi connectivity index (χ4n) is 0.741. The SMILES string of the molecule is CC[N+](=C=NC(C)C)C(C)C. The van der Waals surface area contributed by atoms with Crippen LogP contribution in [-0.2, 0) is 0 Å². The van der Waals surface area contributed by atoms with E-state index in [9.17, 15) is 0 Å². The van der Waals surface area contributed by atoms with Crippen molar-refractivity contribution in [1.29, 1.82) is 0 Å². The molecule has 0 heterocycles. The predicted molar refractivity (Wildman–Crippen MR) is 48.5 cm³/mol. The van der Waals surface area contributed by atoms with Crippen LogP contribution in [0, 0.1) is 0 Å². The van der Waals surface area contributed by atoms with Crippen molar-refractivity contribution in [3.05, 3.63) is 0 Å². The van der Waals surface area contributed by atoms with Gasteiger partial charge in [-0.15, -0.1) is 0 Å². The highest BCUT2D eigenvalue weighted by molar-refractivity contribution is 5.34. The van der Waals surface area contributed by atoms with Crippen LogP contribution in [0.25, 0.3) is 0 Å². The van der Waals surface area contributed by atoms with E-state index in [0.29, 0.717) is 12.1 Å². The molecule has 0 amide bonds. The first-order valence-electron chi connectivity index (χ1n) is 4.30. The standard InChI is InChI=1S/C9H19N2/c1-6-11(9(4)5)7-10-8(2)3/h8-9H,6H2,1-5H3/q+1. The van der Waals surface area contributed by atoms with E-state index < -0.39 is 0 Å². The van der Waals surface area contributed by atoms with E-state index in [1.165, 1.54) is 0 Å². The van der Waals surface area contributed by atoms with Crippen LogP contribution in [0.3, 0.4) is 0 Å². The molecule has 0 unspecified atom stereocenters. The highest BCUT2D eigenvalue weighted by Crippen LogP contribution is 1.86. The van der Waals surface area contributed by atoms with Crippen molar-refractivity contribution in [3.8, 4) is 0 Å². The summed E-state index contributed by atoms with van der Waals surface area (Å²) in [7, 11) is 0. The molecule has 0 N–H and O–H groups in total. The molecule has 11 heavy (non-hydrogen) atoms. The Balaban J connectivity index is 4.34. The summed E-state index contributed by atoms with van der Waals surface area (Å²) in [5.74, 6) is 0. The Morgan fingerprint density at radius 3 is 2.09 bits per heavy atom. The Hall–Kier alpha value is -0.620. The summed E-state index contributed by atoms with van der Waals surface area (Å²) in [6.45, 7) is 11.5. The lowest BCUT2D eigenvalue weighted by atomic mass is 10.4. The molecule has 0 rings (SSSR count). The Morgan fingerprint density at radius 2 is 1.82 bits per heavy atom. The molecule has 0 aromatic heterocycles. The zero-order valence-corrected chi connectivity index (χ0v) is 8.26. The van der Waals surface area contributed by atoms with Crippen molar-refractivity contribution >= 4 is 6.01 Å². The summed E-state index contributed by atoms with van der Waals surface area (Å²) in [6, 6.07) is 3.88. The minimum absolute atomic E-state index is 0.350. The fourth-order valence-corrected chi connectivity index (χ4v) is 0.741. The molecule has 0 spiro atoms. The lowest BCUT2D eigenvalue weighted by Gasteiger charge is -2.01. The number of aliphatic imine (C=N–C) groups is 1. The van der Waals surface area contributed by atoms with Gasteiger partial charge in [0.2, 0.25) is 0 Å². The van der Waals surface area contributed by atoms with Gasteiger partial charge in [-0.2, -0.15) is 0 Å². The molecule has 2 nitrogen and oxygen atoms in total. The molecule has 0 atom stereocenters. The van der Waals surface area contributed by atoms with E-state index in [4.69, 9.17) is 0 Å². The zero-order valence-electron chi connectivity index (χ0n) is 8.26. The molecule has 64 valence electrons. The molecule has 2 heteroatoms. The van der Waals surface area contributed by atoms with Crippen LogP contribution < -0.4 is 0 Å². The fraction of sp³-hybridized carbons (Fsp3) is 0.889. The number of nitrogens with zero attached hydrogens (tertiary/aromatic N) is 2. The molecule has 0 aliphatic heterocycles. The Bertz CT molecular complexity index is 162. The van der Waals surface area contributed by atoms with Gasteiger partial charge in [0.15, 0.2) is 0 Å². The Kier molecular flexibility index (Phi) is 4.80. The molecule has 0 saturated carbocycles. The van der Waals surface area contributed by atoms with E-state index in [0.717, 1.165) is 6.54 Å². The minimum Gasteiger partial charge on any atom is -0.218 e. The summed E-state index contributed by atoms with van der Waals surface area (Å²) in [4.78, 5) is 4.19. The maximum absolute atomic E-state index is 4.19. The maximum Gasteiger partial charge on any atom is 0.306 e. The molecule has 0 fully saturated rings. The molecule has 0 aromatic carbocycles. The van der Waals surface area contributed by atoms with Crippen molar-refractivity contribution in [3.63, 3.8) is 0 Å². The summed E-state index contributed by atoms with van der Waals surface area (Å²) in [5.41, 5.74) is 0. The lowest BCUT2D eigenvalue weighted by Crippen LogP contribution is -2.19. The number of rotatable bonds is 3. The van der Waals surface area contributed by atoms with Gasteiger partial charge in [0.1, 0.15) is 6.04 Å². The van der Waals surface area contributed by atoms with Crippen molar-refractivity contribution in [2.75, 3.05) is 6.54 Å². The third-order valence-electron chi connectivity index (χ3n) is 1.41. The molecule has 0 bridgehead atoms. The summed E-state index contributed by atoms with van der Waals surface area (Å²) in [6.07, 6.45) is 0. The van der Waals surface area contributed by atoms with E-state index in [-0.39, 0.29) is 0 Å². The largest absolute Gasteiger partial charge is 0.306 e. The van der Waals surface area contributed by atoms with Crippen molar-refractivity contribution in [2.45, 2.75) is 46.7 Å². The molecular formula is C9H19N2+. The van der Waals surface area contributed by atoms with Gasteiger partial charge in [-0.05, 0) is 39.6 Å². The van der Waals surface area contributed by atoms with Gasteiger partial charge in [-0.1, -0.05) is 0 Å². The first-order valence-corrected chi connectivity index (χ1v) is 4.30. The molecule has 0 radical (unpaired) electrons. The second-order valence-electron chi connectivity index (χ2n) is 3.20. The van der Waals surface area contributed by atoms with E-state index in [2.05, 4.69) is 50.2 Å². The van der Waals surface area contributed by atoms with Gasteiger partial charge in [0, 0.05) is 0 Å². The van der Waals surface area contributed by atoms with Gasteiger partial charge in [0.05, 0.1) is 12.6 Å². The number of hydrogen-bond donors (Lipinski definition) is 0. The first kappa shape index (κ1) is 10.4. The van der Waals surface area contributed by atoms with Crippen molar-refractivity contribution in [1.82, 2.24) is 0 Å². The predicted octanol–water partition coefficient (Wildman–Crippen LogP) is 2.01. The van der Waals surface area contributed by atoms with Crippen LogP contribution in [0.5, 0.6) is 0 Å². The molecule has 0 aliphatic carbocycles. The van der Waals surface area contributed by atoms with Gasteiger partial charge < -0.3 is 0 Å². The summed E-state index contributed by atoms with van der Waals surface area (Å²) in [5, 5.41) is 0. The van der Waals surface area contributed by atoms with Crippen LogP contribution in [0.4, 0.5) is 0 Å². The van der Waals surface area contributed by atoms with E-state index in [1.54, 1.807) is 0 Å². The highest BCUT2D eigenvalue weighted by Gasteiger charge is 2.01. The number of hydrogen-bond acceptors (Lipinski definition) is 1. The van der Waals surface area contributed by atoms with Crippen molar-refractivity contribution in [2.24, 2.45) is 4.99 Å². The van der Waals surface area contributed by atoms with E-state index in [1.807, 2.05) is 0 Å². The Labute approximate surface area is 69.7 Å². The quantitative estimate of drug-likeness (QED) is 0.437. The molecule has 0 aromatic rings. The van der Waals surface area contributed by atoms with Gasteiger partial charge in [-0.25, -0.2) is 4.58 Å². The van der Waals surface area contributed by atoms with Crippen LogP contribution in [-0.4, -0.2) is 29.2 Å². The maximum atomic E-state index is 4.19. The molecule has 0 saturated heterocycles. The average Bonchev–Trinajstić information content (AvgIpc) is 1.87. The second-order valence-corrected chi connectivity index (χ2v) is 3.20. The third-order valence-corrected chi connectivity index (χ3v) is 1.41. The Morgan fingerprint density at radius 1 is 1.27 bits per heavy atom. The van der Waals surface area contributed by atoms with Crippen LogP contribution in [0.1, 0.15) is 34.6 Å². The van der Waals surface area contributed by atoms with Gasteiger partial charge in [-0.3, -0.25) is 0 Å². The third kappa shape index (κ3) is 4.74. The lowest BCUT2D eigenvalue weighted by molar-refractivity contribution is -0.549. The average molecular weight is 155 g/mol. The van der Waals surface area contributed by atoms with Crippen molar-refractivity contribution < 1.29 is 4.58 Å². The van der Waals surface area contributed by atoms with Crippen LogP contribution >= 0.6 is 0 Å². The monoisotopic (exact) mass is 155 g/mol. The smallest absolute Gasteiger partial charge is 0.218 e. The van der Waals surface area contributed by atoms with Crippen LogP contribution in [0.15, 0.2) is 4.99 Å². The van der Waals surface area contributed by atoms with E-state index >= 15 is 0 Å². The van der Waals surface area contributed by atoms with Gasteiger partial charge in [0.25, 0.3) is 0 Å². The zero-order chi connectivity index (χ0) is 8.85. The second kappa shape index (κ2) is 5.09. The first-order chi connectivity index (χ1) is 5.07. The van der Waals surface area contributed by atoms with Gasteiger partial charge >= 0.3 is 6.01 Å². The molecule has 0 aliphatic rings. The minimum atomic E-state index is 0.350. The molecular weight excluding hydrogens is 136 g/mol. The summed E-state index contributed by atoms with van der Waals surface area (Å²) >= 11 is 0. The summed E-state index contributed by atoms with van der Waals surface area (Å²) < 4.78 is 2.10. The van der Waals surface area contributed by atoms with Crippen LogP contribution in [0.2, 0.25) is 0 Å². The highest BCUT2D eigenvalue weighted by atomic mass is 15.0.